The predicted octanol–water partition coefficient (Wildman–Crippen LogP) is 3.25. The summed E-state index contributed by atoms with van der Waals surface area (Å²) in [5.41, 5.74) is 3.90. The summed E-state index contributed by atoms with van der Waals surface area (Å²) in [6.45, 7) is 2.71. The van der Waals surface area contributed by atoms with Crippen LogP contribution >= 0.6 is 0 Å². The molecule has 5 heteroatoms. The van der Waals surface area contributed by atoms with Crippen molar-refractivity contribution in [3.05, 3.63) is 59.7 Å². The molecule has 0 saturated carbocycles. The normalized spacial score (nSPS) is 10.5. The molecule has 1 N–H and O–H groups in total. The molecule has 2 rings (SSSR count). The highest BCUT2D eigenvalue weighted by molar-refractivity contribution is 5.95. The largest absolute Gasteiger partial charge is 0.497 e. The summed E-state index contributed by atoms with van der Waals surface area (Å²) >= 11 is 0. The van der Waals surface area contributed by atoms with Gasteiger partial charge < -0.3 is 9.47 Å². The van der Waals surface area contributed by atoms with Gasteiger partial charge in [0.2, 0.25) is 0 Å². The maximum absolute atomic E-state index is 12.0. The lowest BCUT2D eigenvalue weighted by molar-refractivity contribution is 0.0955. The van der Waals surface area contributed by atoms with E-state index in [4.69, 9.17) is 9.47 Å². The highest BCUT2D eigenvalue weighted by atomic mass is 16.5. The molecule has 0 atom stereocenters. The number of carbonyl (C=O) groups excluding carboxylic acids is 1. The SMILES string of the molecule is CCCOc1ccc(C(=O)N/N=C/c2ccc(OC)cc2)cc1. The van der Waals surface area contributed by atoms with Gasteiger partial charge in [-0.2, -0.15) is 5.10 Å². The summed E-state index contributed by atoms with van der Waals surface area (Å²) in [6, 6.07) is 14.3. The van der Waals surface area contributed by atoms with Gasteiger partial charge in [-0.05, 0) is 60.5 Å². The monoisotopic (exact) mass is 312 g/mol. The summed E-state index contributed by atoms with van der Waals surface area (Å²) in [6.07, 6.45) is 2.53. The molecular weight excluding hydrogens is 292 g/mol. The predicted molar refractivity (Wildman–Crippen MR) is 90.3 cm³/mol. The van der Waals surface area contributed by atoms with Crippen molar-refractivity contribution in [2.75, 3.05) is 13.7 Å². The zero-order valence-electron chi connectivity index (χ0n) is 13.3. The fourth-order valence-electron chi connectivity index (χ4n) is 1.84. The Balaban J connectivity index is 1.89. The molecule has 0 radical (unpaired) electrons. The number of rotatable bonds is 7. The van der Waals surface area contributed by atoms with E-state index in [2.05, 4.69) is 10.5 Å². The van der Waals surface area contributed by atoms with Crippen LogP contribution in [0.25, 0.3) is 0 Å². The van der Waals surface area contributed by atoms with Crippen LogP contribution in [0.1, 0.15) is 29.3 Å². The molecule has 0 aliphatic heterocycles. The first-order valence-electron chi connectivity index (χ1n) is 7.43. The molecule has 0 saturated heterocycles. The molecule has 2 aromatic carbocycles. The highest BCUT2D eigenvalue weighted by Crippen LogP contribution is 2.12. The number of nitrogens with zero attached hydrogens (tertiary/aromatic N) is 1. The van der Waals surface area contributed by atoms with Crippen molar-refractivity contribution in [3.8, 4) is 11.5 Å². The number of methoxy groups -OCH3 is 1. The maximum atomic E-state index is 12.0. The maximum Gasteiger partial charge on any atom is 0.271 e. The molecule has 2 aromatic rings. The second-order valence-electron chi connectivity index (χ2n) is 4.85. The smallest absolute Gasteiger partial charge is 0.271 e. The first kappa shape index (κ1) is 16.5. The first-order valence-corrected chi connectivity index (χ1v) is 7.43. The minimum Gasteiger partial charge on any atom is -0.497 e. The average molecular weight is 312 g/mol. The topological polar surface area (TPSA) is 59.9 Å². The van der Waals surface area contributed by atoms with Crippen LogP contribution in [0.2, 0.25) is 0 Å². The van der Waals surface area contributed by atoms with Gasteiger partial charge >= 0.3 is 0 Å². The van der Waals surface area contributed by atoms with Crippen LogP contribution in [0.3, 0.4) is 0 Å². The standard InChI is InChI=1S/C18H20N2O3/c1-3-12-23-17-10-6-15(7-11-17)18(21)20-19-13-14-4-8-16(22-2)9-5-14/h4-11,13H,3,12H2,1-2H3,(H,20,21)/b19-13+. The van der Waals surface area contributed by atoms with Crippen molar-refractivity contribution in [1.29, 1.82) is 0 Å². The van der Waals surface area contributed by atoms with E-state index in [-0.39, 0.29) is 5.91 Å². The molecule has 120 valence electrons. The number of ether oxygens (including phenoxy) is 2. The van der Waals surface area contributed by atoms with Crippen LogP contribution in [0.15, 0.2) is 53.6 Å². The molecule has 0 aromatic heterocycles. The van der Waals surface area contributed by atoms with Gasteiger partial charge in [0.05, 0.1) is 19.9 Å². The summed E-state index contributed by atoms with van der Waals surface area (Å²) in [4.78, 5) is 12.0. The van der Waals surface area contributed by atoms with Crippen molar-refractivity contribution in [3.63, 3.8) is 0 Å². The Bertz CT molecular complexity index is 649. The number of benzene rings is 2. The molecule has 1 amide bonds. The van der Waals surface area contributed by atoms with Gasteiger partial charge in [0.15, 0.2) is 0 Å². The van der Waals surface area contributed by atoms with E-state index in [0.29, 0.717) is 12.2 Å². The Morgan fingerprint density at radius 2 is 1.74 bits per heavy atom. The molecule has 0 fully saturated rings. The Kier molecular flexibility index (Phi) is 6.17. The van der Waals surface area contributed by atoms with E-state index in [1.165, 1.54) is 0 Å². The van der Waals surface area contributed by atoms with E-state index in [1.807, 2.05) is 31.2 Å². The highest BCUT2D eigenvalue weighted by Gasteiger charge is 2.04. The lowest BCUT2D eigenvalue weighted by Gasteiger charge is -2.05. The second-order valence-corrected chi connectivity index (χ2v) is 4.85. The van der Waals surface area contributed by atoms with E-state index in [9.17, 15) is 4.79 Å². The Labute approximate surface area is 135 Å². The first-order chi connectivity index (χ1) is 11.2. The van der Waals surface area contributed by atoms with Crippen molar-refractivity contribution < 1.29 is 14.3 Å². The van der Waals surface area contributed by atoms with Gasteiger partial charge in [0.25, 0.3) is 5.91 Å². The fraction of sp³-hybridized carbons (Fsp3) is 0.222. The molecule has 0 unspecified atom stereocenters. The van der Waals surface area contributed by atoms with Crippen LogP contribution in [0, 0.1) is 0 Å². The molecule has 0 aliphatic carbocycles. The molecule has 23 heavy (non-hydrogen) atoms. The molecular formula is C18H20N2O3. The third-order valence-corrected chi connectivity index (χ3v) is 3.08. The summed E-state index contributed by atoms with van der Waals surface area (Å²) in [5, 5.41) is 3.95. The zero-order chi connectivity index (χ0) is 16.5. The van der Waals surface area contributed by atoms with Gasteiger partial charge in [0.1, 0.15) is 11.5 Å². The van der Waals surface area contributed by atoms with Crippen molar-refractivity contribution >= 4 is 12.1 Å². The number of nitrogens with one attached hydrogen (secondary N) is 1. The van der Waals surface area contributed by atoms with Crippen LogP contribution < -0.4 is 14.9 Å². The number of hydrazone groups is 1. The Hall–Kier alpha value is -2.82. The number of amides is 1. The fourth-order valence-corrected chi connectivity index (χ4v) is 1.84. The molecule has 0 spiro atoms. The second kappa shape index (κ2) is 8.58. The average Bonchev–Trinajstić information content (AvgIpc) is 2.61. The van der Waals surface area contributed by atoms with E-state index >= 15 is 0 Å². The number of hydrogen-bond donors (Lipinski definition) is 1. The van der Waals surface area contributed by atoms with Crippen molar-refractivity contribution in [2.24, 2.45) is 5.10 Å². The molecule has 0 aliphatic rings. The van der Waals surface area contributed by atoms with Gasteiger partial charge in [-0.1, -0.05) is 6.92 Å². The van der Waals surface area contributed by atoms with Crippen molar-refractivity contribution in [1.82, 2.24) is 5.43 Å². The number of carbonyl (C=O) groups is 1. The molecule has 0 bridgehead atoms. The summed E-state index contributed by atoms with van der Waals surface area (Å²) < 4.78 is 10.6. The lowest BCUT2D eigenvalue weighted by Crippen LogP contribution is -2.17. The zero-order valence-corrected chi connectivity index (χ0v) is 13.3. The summed E-state index contributed by atoms with van der Waals surface area (Å²) in [7, 11) is 1.61. The third kappa shape index (κ3) is 5.14. The van der Waals surface area contributed by atoms with Gasteiger partial charge in [-0.15, -0.1) is 0 Å². The van der Waals surface area contributed by atoms with Gasteiger partial charge in [-0.3, -0.25) is 4.79 Å². The van der Waals surface area contributed by atoms with E-state index in [1.54, 1.807) is 37.6 Å². The molecule has 0 heterocycles. The Morgan fingerprint density at radius 1 is 1.09 bits per heavy atom. The van der Waals surface area contributed by atoms with Crippen molar-refractivity contribution in [2.45, 2.75) is 13.3 Å². The van der Waals surface area contributed by atoms with Crippen LogP contribution in [0.5, 0.6) is 11.5 Å². The van der Waals surface area contributed by atoms with Crippen LogP contribution in [0.4, 0.5) is 0 Å². The minimum absolute atomic E-state index is 0.267. The Morgan fingerprint density at radius 3 is 2.35 bits per heavy atom. The van der Waals surface area contributed by atoms with Crippen LogP contribution in [-0.2, 0) is 0 Å². The van der Waals surface area contributed by atoms with E-state index in [0.717, 1.165) is 23.5 Å². The summed E-state index contributed by atoms with van der Waals surface area (Å²) in [5.74, 6) is 1.26. The quantitative estimate of drug-likeness (QED) is 0.630. The number of hydrogen-bond acceptors (Lipinski definition) is 4. The third-order valence-electron chi connectivity index (χ3n) is 3.08. The molecule has 5 nitrogen and oxygen atoms in total. The minimum atomic E-state index is -0.267. The van der Waals surface area contributed by atoms with E-state index < -0.39 is 0 Å². The van der Waals surface area contributed by atoms with Crippen LogP contribution in [-0.4, -0.2) is 25.8 Å². The lowest BCUT2D eigenvalue weighted by atomic mass is 10.2. The van der Waals surface area contributed by atoms with Gasteiger partial charge in [-0.25, -0.2) is 5.43 Å². The van der Waals surface area contributed by atoms with Gasteiger partial charge in [0, 0.05) is 5.56 Å².